The van der Waals surface area contributed by atoms with Gasteiger partial charge < -0.3 is 4.42 Å². The van der Waals surface area contributed by atoms with Crippen molar-refractivity contribution in [2.24, 2.45) is 0 Å². The summed E-state index contributed by atoms with van der Waals surface area (Å²) in [7, 11) is 0. The second kappa shape index (κ2) is 5.80. The molecule has 1 unspecified atom stereocenters. The maximum Gasteiger partial charge on any atom is 0.230 e. The van der Waals surface area contributed by atoms with Crippen molar-refractivity contribution in [2.75, 3.05) is 0 Å². The highest BCUT2D eigenvalue weighted by Gasteiger charge is 2.21. The number of hydrogen-bond donors (Lipinski definition) is 0. The largest absolute Gasteiger partial charge is 0.424 e. The molecular weight excluding hydrogens is 268 g/mol. The Hall–Kier alpha value is -0.380. The minimum Gasteiger partial charge on any atom is -0.424 e. The van der Waals surface area contributed by atoms with Crippen molar-refractivity contribution in [3.8, 4) is 0 Å². The Bertz CT molecular complexity index is 319. The molecule has 1 aromatic rings. The predicted octanol–water partition coefficient (Wildman–Crippen LogP) is 4.35. The molecule has 1 saturated carbocycles. The molecule has 1 fully saturated rings. The number of hydrogen-bond acceptors (Lipinski definition) is 3. The van der Waals surface area contributed by atoms with E-state index < -0.39 is 0 Å². The molecule has 0 spiro atoms. The van der Waals surface area contributed by atoms with E-state index in [0.29, 0.717) is 5.92 Å². The molecule has 0 radical (unpaired) electrons. The van der Waals surface area contributed by atoms with Gasteiger partial charge in [-0.15, -0.1) is 10.2 Å². The monoisotopic (exact) mass is 286 g/mol. The van der Waals surface area contributed by atoms with Crippen LogP contribution in [0.2, 0.25) is 0 Å². The third kappa shape index (κ3) is 2.84. The summed E-state index contributed by atoms with van der Waals surface area (Å²) in [6.45, 7) is 2.11. The molecule has 0 bridgehead atoms. The van der Waals surface area contributed by atoms with Crippen LogP contribution < -0.4 is 0 Å². The van der Waals surface area contributed by atoms with Crippen LogP contribution in [0.1, 0.15) is 74.4 Å². The zero-order valence-corrected chi connectivity index (χ0v) is 11.4. The molecule has 0 aliphatic heterocycles. The Kier molecular flexibility index (Phi) is 4.38. The van der Waals surface area contributed by atoms with Crippen LogP contribution in [-0.2, 0) is 0 Å². The number of nitrogens with zero attached hydrogens (tertiary/aromatic N) is 2. The van der Waals surface area contributed by atoms with E-state index in [2.05, 4.69) is 33.1 Å². The summed E-state index contributed by atoms with van der Waals surface area (Å²) in [5.74, 6) is 2.09. The van der Waals surface area contributed by atoms with Crippen molar-refractivity contribution in [1.82, 2.24) is 10.2 Å². The number of aromatic nitrogens is 2. The molecule has 0 saturated heterocycles. The minimum absolute atomic E-state index is 0.208. The summed E-state index contributed by atoms with van der Waals surface area (Å²) in [4.78, 5) is 0.208. The van der Waals surface area contributed by atoms with Gasteiger partial charge in [0.25, 0.3) is 0 Å². The fourth-order valence-electron chi connectivity index (χ4n) is 2.24. The first-order valence-corrected chi connectivity index (χ1v) is 7.20. The van der Waals surface area contributed by atoms with Gasteiger partial charge in [-0.2, -0.15) is 0 Å². The zero-order chi connectivity index (χ0) is 11.4. The summed E-state index contributed by atoms with van der Waals surface area (Å²) < 4.78 is 5.76. The van der Waals surface area contributed by atoms with E-state index in [-0.39, 0.29) is 4.83 Å². The van der Waals surface area contributed by atoms with Gasteiger partial charge in [0.05, 0.1) is 4.83 Å². The van der Waals surface area contributed by atoms with E-state index in [4.69, 9.17) is 4.42 Å². The van der Waals surface area contributed by atoms with Crippen LogP contribution in [0.25, 0.3) is 0 Å². The molecule has 4 heteroatoms. The summed E-state index contributed by atoms with van der Waals surface area (Å²) in [5, 5.41) is 8.33. The lowest BCUT2D eigenvalue weighted by Crippen LogP contribution is -1.97. The van der Waals surface area contributed by atoms with Gasteiger partial charge in [0.1, 0.15) is 0 Å². The maximum absolute atomic E-state index is 5.76. The van der Waals surface area contributed by atoms with Crippen molar-refractivity contribution >= 4 is 15.9 Å². The van der Waals surface area contributed by atoms with E-state index in [1.54, 1.807) is 0 Å². The fourth-order valence-corrected chi connectivity index (χ4v) is 2.42. The second-order valence-corrected chi connectivity index (χ2v) is 5.65. The van der Waals surface area contributed by atoms with Crippen molar-refractivity contribution in [1.29, 1.82) is 0 Å². The first-order chi connectivity index (χ1) is 7.81. The third-order valence-corrected chi connectivity index (χ3v) is 4.33. The van der Waals surface area contributed by atoms with Gasteiger partial charge in [-0.25, -0.2) is 0 Å². The first-order valence-electron chi connectivity index (χ1n) is 6.28. The Labute approximate surface area is 105 Å². The standard InChI is InChI=1S/C12H19BrN2O/c1-2-10(13)12-15-14-11(16-12)9-7-5-3-4-6-8-9/h9-10H,2-8H2,1H3. The topological polar surface area (TPSA) is 38.9 Å². The van der Waals surface area contributed by atoms with Crippen molar-refractivity contribution < 1.29 is 4.42 Å². The van der Waals surface area contributed by atoms with Crippen molar-refractivity contribution in [2.45, 2.75) is 62.6 Å². The Morgan fingerprint density at radius 3 is 2.56 bits per heavy atom. The third-order valence-electron chi connectivity index (χ3n) is 3.29. The molecule has 3 nitrogen and oxygen atoms in total. The molecule has 1 aliphatic carbocycles. The molecule has 90 valence electrons. The lowest BCUT2D eigenvalue weighted by Gasteiger charge is -2.07. The summed E-state index contributed by atoms with van der Waals surface area (Å²) in [5.41, 5.74) is 0. The molecule has 1 aromatic heterocycles. The molecule has 0 N–H and O–H groups in total. The Morgan fingerprint density at radius 1 is 1.25 bits per heavy atom. The van der Waals surface area contributed by atoms with Crippen LogP contribution in [0.4, 0.5) is 0 Å². The van der Waals surface area contributed by atoms with Crippen molar-refractivity contribution in [3.05, 3.63) is 11.8 Å². The summed E-state index contributed by atoms with van der Waals surface area (Å²) in [6, 6.07) is 0. The zero-order valence-electron chi connectivity index (χ0n) is 9.79. The van der Waals surface area contributed by atoms with Gasteiger partial charge >= 0.3 is 0 Å². The Balaban J connectivity index is 2.05. The van der Waals surface area contributed by atoms with Crippen LogP contribution >= 0.6 is 15.9 Å². The summed E-state index contributed by atoms with van der Waals surface area (Å²) in [6.07, 6.45) is 8.70. The van der Waals surface area contributed by atoms with Crippen LogP contribution in [0.15, 0.2) is 4.42 Å². The van der Waals surface area contributed by atoms with Gasteiger partial charge in [0.15, 0.2) is 0 Å². The quantitative estimate of drug-likeness (QED) is 0.612. The molecule has 16 heavy (non-hydrogen) atoms. The highest BCUT2D eigenvalue weighted by Crippen LogP contribution is 2.33. The van der Waals surface area contributed by atoms with Gasteiger partial charge in [0.2, 0.25) is 11.8 Å². The fraction of sp³-hybridized carbons (Fsp3) is 0.833. The van der Waals surface area contributed by atoms with Gasteiger partial charge in [0, 0.05) is 5.92 Å². The second-order valence-electron chi connectivity index (χ2n) is 4.54. The predicted molar refractivity (Wildman–Crippen MR) is 66.7 cm³/mol. The van der Waals surface area contributed by atoms with Gasteiger partial charge in [-0.1, -0.05) is 48.5 Å². The number of halogens is 1. The maximum atomic E-state index is 5.76. The smallest absolute Gasteiger partial charge is 0.230 e. The highest BCUT2D eigenvalue weighted by molar-refractivity contribution is 9.09. The molecule has 1 heterocycles. The van der Waals surface area contributed by atoms with E-state index in [0.717, 1.165) is 18.2 Å². The summed E-state index contributed by atoms with van der Waals surface area (Å²) >= 11 is 3.54. The van der Waals surface area contributed by atoms with Crippen LogP contribution in [0, 0.1) is 0 Å². The molecular formula is C12H19BrN2O. The van der Waals surface area contributed by atoms with Gasteiger partial charge in [-0.3, -0.25) is 0 Å². The lowest BCUT2D eigenvalue weighted by molar-refractivity contribution is 0.393. The number of alkyl halides is 1. The average molecular weight is 287 g/mol. The molecule has 0 aromatic carbocycles. The lowest BCUT2D eigenvalue weighted by atomic mass is 10.0. The molecule has 1 atom stereocenters. The van der Waals surface area contributed by atoms with Crippen LogP contribution in [0.3, 0.4) is 0 Å². The SMILES string of the molecule is CCC(Br)c1nnc(C2CCCCCC2)o1. The van der Waals surface area contributed by atoms with E-state index >= 15 is 0 Å². The number of rotatable bonds is 3. The van der Waals surface area contributed by atoms with Crippen molar-refractivity contribution in [3.63, 3.8) is 0 Å². The molecule has 1 aliphatic rings. The highest BCUT2D eigenvalue weighted by atomic mass is 79.9. The molecule has 0 amide bonds. The van der Waals surface area contributed by atoms with E-state index in [1.165, 1.54) is 38.5 Å². The molecule has 2 rings (SSSR count). The first kappa shape index (κ1) is 12.1. The van der Waals surface area contributed by atoms with Crippen LogP contribution in [-0.4, -0.2) is 10.2 Å². The van der Waals surface area contributed by atoms with E-state index in [9.17, 15) is 0 Å². The normalized spacial score (nSPS) is 20.6. The minimum atomic E-state index is 0.208. The van der Waals surface area contributed by atoms with Crippen LogP contribution in [0.5, 0.6) is 0 Å². The Morgan fingerprint density at radius 2 is 1.94 bits per heavy atom. The van der Waals surface area contributed by atoms with Gasteiger partial charge in [-0.05, 0) is 19.3 Å². The average Bonchev–Trinajstić information content (AvgIpc) is 2.64. The van der Waals surface area contributed by atoms with E-state index in [1.807, 2.05) is 0 Å².